The van der Waals surface area contributed by atoms with Crippen molar-refractivity contribution >= 4 is 103 Å². The monoisotopic (exact) mass is 868 g/mol. The van der Waals surface area contributed by atoms with E-state index in [0.717, 1.165) is 81.2 Å². The molecule has 0 unspecified atom stereocenters. The van der Waals surface area contributed by atoms with Gasteiger partial charge in [0.2, 0.25) is 0 Å². The van der Waals surface area contributed by atoms with Crippen molar-refractivity contribution in [3.8, 4) is 58.5 Å². The standard InChI is InChI=1S/C34H20O8S7.4Na/c35-29(36)13-15-11-27(48-31(15)23-7-3-17(44-23)19-5-9-25(46-19)33(39)40)21-1-2-22(43-21)28-12-16(14-30(37)38)32(49-28)24-8-4-18(45-24)20-6-10-26(47-20)34(41)42;;;;/h1-12H,13-14H2,(H,35,36)(H,37,38)(H,39,40)(H,41,42);;;;/q;4*+1/p-4. The first-order valence-corrected chi connectivity index (χ1v) is 19.8. The number of carboxylic acid groups (broad SMARTS) is 4. The summed E-state index contributed by atoms with van der Waals surface area (Å²) in [4.78, 5) is 56.3. The number of carbonyl (C=O) groups is 4. The molecule has 7 aromatic rings. The van der Waals surface area contributed by atoms with Gasteiger partial charge < -0.3 is 39.6 Å². The van der Waals surface area contributed by atoms with E-state index in [0.29, 0.717) is 11.1 Å². The Bertz CT molecular complexity index is 2240. The van der Waals surface area contributed by atoms with Crippen molar-refractivity contribution in [3.63, 3.8) is 0 Å². The number of carboxylic acids is 4. The van der Waals surface area contributed by atoms with Gasteiger partial charge in [-0.2, -0.15) is 0 Å². The third-order valence-electron chi connectivity index (χ3n) is 7.14. The first kappa shape index (κ1) is 47.2. The van der Waals surface area contributed by atoms with Crippen molar-refractivity contribution < 1.29 is 158 Å². The van der Waals surface area contributed by atoms with Crippen molar-refractivity contribution in [1.82, 2.24) is 0 Å². The molecule has 0 spiro atoms. The van der Waals surface area contributed by atoms with E-state index >= 15 is 0 Å². The van der Waals surface area contributed by atoms with Gasteiger partial charge in [-0.3, -0.25) is 0 Å². The zero-order valence-electron chi connectivity index (χ0n) is 28.5. The molecule has 7 rings (SSSR count). The van der Waals surface area contributed by atoms with Crippen molar-refractivity contribution in [2.75, 3.05) is 0 Å². The average molecular weight is 869 g/mol. The van der Waals surface area contributed by atoms with Gasteiger partial charge in [-0.25, -0.2) is 0 Å². The van der Waals surface area contributed by atoms with Crippen LogP contribution in [-0.2, 0) is 22.4 Å². The summed E-state index contributed by atoms with van der Waals surface area (Å²) in [6.45, 7) is 0. The number of thiophene rings is 7. The molecule has 0 radical (unpaired) electrons. The maximum absolute atomic E-state index is 11.7. The Morgan fingerprint density at radius 3 is 0.981 bits per heavy atom. The minimum atomic E-state index is -1.23. The number of hydrogen-bond donors (Lipinski definition) is 0. The molecule has 0 N–H and O–H groups in total. The fraction of sp³-hybridized carbons (Fsp3) is 0.0588. The Morgan fingerprint density at radius 1 is 0.377 bits per heavy atom. The van der Waals surface area contributed by atoms with Crippen LogP contribution < -0.4 is 139 Å². The fourth-order valence-corrected chi connectivity index (χ4v) is 12.7. The largest absolute Gasteiger partial charge is 1.00 e. The minimum absolute atomic E-state index is 0. The van der Waals surface area contributed by atoms with E-state index in [1.165, 1.54) is 68.8 Å². The normalized spacial score (nSPS) is 10.4. The van der Waals surface area contributed by atoms with Gasteiger partial charge in [0.15, 0.2) is 0 Å². The molecule has 7 aromatic heterocycles. The second-order valence-corrected chi connectivity index (χ2v) is 17.9. The molecule has 0 bridgehead atoms. The van der Waals surface area contributed by atoms with Gasteiger partial charge in [-0.15, -0.1) is 79.4 Å². The predicted molar refractivity (Wildman–Crippen MR) is 190 cm³/mol. The molecule has 0 aromatic carbocycles. The number of aromatic carboxylic acids is 2. The van der Waals surface area contributed by atoms with E-state index in [1.807, 2.05) is 48.5 Å². The van der Waals surface area contributed by atoms with Gasteiger partial charge in [0.25, 0.3) is 0 Å². The van der Waals surface area contributed by atoms with Crippen LogP contribution >= 0.6 is 79.4 Å². The summed E-state index contributed by atoms with van der Waals surface area (Å²) in [5.74, 6) is -4.87. The Balaban J connectivity index is 0.00000189. The Hall–Kier alpha value is -0.220. The molecule has 246 valence electrons. The second kappa shape index (κ2) is 20.5. The third kappa shape index (κ3) is 10.8. The molecule has 0 saturated carbocycles. The Labute approximate surface area is 419 Å². The molecular weight excluding hydrogens is 853 g/mol. The van der Waals surface area contributed by atoms with Crippen LogP contribution in [0.4, 0.5) is 0 Å². The smallest absolute Gasteiger partial charge is 0.550 e. The van der Waals surface area contributed by atoms with Gasteiger partial charge in [-0.05, 0) is 83.9 Å². The maximum Gasteiger partial charge on any atom is 1.00 e. The van der Waals surface area contributed by atoms with Crippen LogP contribution in [0.1, 0.15) is 30.5 Å². The van der Waals surface area contributed by atoms with Gasteiger partial charge in [-0.1, -0.05) is 0 Å². The molecule has 53 heavy (non-hydrogen) atoms. The van der Waals surface area contributed by atoms with Crippen molar-refractivity contribution in [1.29, 1.82) is 0 Å². The van der Waals surface area contributed by atoms with Crippen molar-refractivity contribution in [2.24, 2.45) is 0 Å². The first-order valence-electron chi connectivity index (χ1n) is 14.1. The summed E-state index contributed by atoms with van der Waals surface area (Å²) < 4.78 is 0. The zero-order chi connectivity index (χ0) is 34.4. The third-order valence-corrected chi connectivity index (χ3v) is 16.0. The van der Waals surface area contributed by atoms with E-state index in [4.69, 9.17) is 0 Å². The van der Waals surface area contributed by atoms with Crippen molar-refractivity contribution in [3.05, 3.63) is 93.7 Å². The van der Waals surface area contributed by atoms with E-state index < -0.39 is 23.9 Å². The summed E-state index contributed by atoms with van der Waals surface area (Å²) in [6.07, 6.45) is -0.538. The Kier molecular flexibility index (Phi) is 18.2. The molecule has 19 heteroatoms. The van der Waals surface area contributed by atoms with Gasteiger partial charge in [0.1, 0.15) is 0 Å². The van der Waals surface area contributed by atoms with Gasteiger partial charge in [0, 0.05) is 83.3 Å². The van der Waals surface area contributed by atoms with Crippen LogP contribution in [0.5, 0.6) is 0 Å². The van der Waals surface area contributed by atoms with Crippen LogP contribution in [-0.4, -0.2) is 23.9 Å². The van der Waals surface area contributed by atoms with Crippen LogP contribution in [0.3, 0.4) is 0 Å². The van der Waals surface area contributed by atoms with E-state index in [2.05, 4.69) is 0 Å². The molecule has 0 fully saturated rings. The number of hydrogen-bond acceptors (Lipinski definition) is 15. The van der Waals surface area contributed by atoms with Crippen molar-refractivity contribution in [2.45, 2.75) is 12.8 Å². The molecule has 7 heterocycles. The zero-order valence-corrected chi connectivity index (χ0v) is 42.2. The quantitative estimate of drug-likeness (QED) is 0.110. The number of rotatable bonds is 12. The molecule has 0 amide bonds. The van der Waals surface area contributed by atoms with Gasteiger partial charge in [0.05, 0.1) is 21.7 Å². The fourth-order valence-electron chi connectivity index (χ4n) is 5.04. The summed E-state index contributed by atoms with van der Waals surface area (Å²) in [5.41, 5.74) is 1.23. The molecule has 0 saturated heterocycles. The van der Waals surface area contributed by atoms with E-state index in [1.54, 1.807) is 12.1 Å². The minimum Gasteiger partial charge on any atom is -0.550 e. The van der Waals surface area contributed by atoms with Crippen LogP contribution in [0, 0.1) is 0 Å². The second-order valence-electron chi connectivity index (χ2n) is 10.4. The SMILES string of the molecule is O=C([O-])Cc1cc(-c2ccc(-c3cc(CC(=O)[O-])c(-c4ccc(-c5ccc(C(=O)[O-])s5)s4)s3)s2)sc1-c1ccc(-c2ccc(C(=O)[O-])s2)s1.[Na+].[Na+].[Na+].[Na+]. The summed E-state index contributed by atoms with van der Waals surface area (Å²) in [7, 11) is 0. The van der Waals surface area contributed by atoms with Crippen LogP contribution in [0.2, 0.25) is 0 Å². The molecule has 0 aliphatic heterocycles. The molecule has 0 aliphatic carbocycles. The molecule has 0 atom stereocenters. The van der Waals surface area contributed by atoms with E-state index in [-0.39, 0.29) is 141 Å². The van der Waals surface area contributed by atoms with E-state index in [9.17, 15) is 39.6 Å². The van der Waals surface area contributed by atoms with Crippen LogP contribution in [0.25, 0.3) is 58.5 Å². The summed E-state index contributed by atoms with van der Waals surface area (Å²) in [5, 5.41) is 45.9. The molecular formula is C34H16Na4O8S7. The molecule has 8 nitrogen and oxygen atoms in total. The summed E-state index contributed by atoms with van der Waals surface area (Å²) in [6, 6.07) is 21.7. The predicted octanol–water partition coefficient (Wildman–Crippen LogP) is -6.55. The Morgan fingerprint density at radius 2 is 0.660 bits per heavy atom. The summed E-state index contributed by atoms with van der Waals surface area (Å²) >= 11 is 9.56. The topological polar surface area (TPSA) is 161 Å². The first-order chi connectivity index (χ1) is 23.5. The number of carbonyl (C=O) groups excluding carboxylic acids is 4. The maximum atomic E-state index is 11.7. The average Bonchev–Trinajstić information content (AvgIpc) is 3.87. The molecule has 0 aliphatic rings. The van der Waals surface area contributed by atoms with Gasteiger partial charge >= 0.3 is 118 Å². The number of aliphatic carboxylic acids is 2. The van der Waals surface area contributed by atoms with Crippen LogP contribution in [0.15, 0.2) is 72.8 Å².